The molecule has 4 heteroatoms. The van der Waals surface area contributed by atoms with Crippen LogP contribution in [-0.4, -0.2) is 51.0 Å². The molecule has 8 atom stereocenters. The van der Waals surface area contributed by atoms with Gasteiger partial charge in [0.15, 0.2) is 0 Å². The average Bonchev–Trinajstić information content (AvgIpc) is 3.89. The second-order valence-electron chi connectivity index (χ2n) is 21.4. The highest BCUT2D eigenvalue weighted by molar-refractivity contribution is 5.61. The molecule has 348 valence electrons. The summed E-state index contributed by atoms with van der Waals surface area (Å²) in [4.78, 5) is 11.1. The van der Waals surface area contributed by atoms with Crippen molar-refractivity contribution >= 4 is 5.69 Å². The predicted octanol–water partition coefficient (Wildman–Crippen LogP) is 15.0. The standard InChI is InChI=1S/C63H76N4/c1-5-7-15-48(6-2)66-60-20-13-11-18-56(60)58-42-54(38-40-62(58)66)64(50-30-22-44(3)23-31-50)52-34-26-46(27-35-52)47-28-36-53(37-29-47)65(51-32-24-45(4)25-33-51)55-39-41-63-59(43-55)57-19-12-14-21-61(57)67(63)49-16-9-8-10-17-49/h5,7,9,11-12,14,16-19,21-23,26-27,30-31,34,36,38-40,42-43,45,47-48,51-52,57-58,61-63H,6,8,10,13,15,20,24-25,28-29,32-33,35,37,41H2,1-4H3/b7-5-. The normalized spacial score (nSPS) is 32.2. The number of hydrogen-bond acceptors (Lipinski definition) is 4. The van der Waals surface area contributed by atoms with Crippen LogP contribution in [-0.2, 0) is 0 Å². The van der Waals surface area contributed by atoms with Gasteiger partial charge in [0.05, 0.1) is 24.2 Å². The second-order valence-corrected chi connectivity index (χ2v) is 21.4. The molecular weight excluding hydrogens is 813 g/mol. The highest BCUT2D eigenvalue weighted by atomic mass is 15.2. The molecule has 0 amide bonds. The van der Waals surface area contributed by atoms with E-state index >= 15 is 0 Å². The number of likely N-dealkylation sites (tertiary alicyclic amines) is 1. The molecule has 8 aliphatic carbocycles. The summed E-state index contributed by atoms with van der Waals surface area (Å²) in [5.74, 6) is 2.23. The van der Waals surface area contributed by atoms with Gasteiger partial charge in [0.25, 0.3) is 0 Å². The van der Waals surface area contributed by atoms with Crippen molar-refractivity contribution in [2.75, 3.05) is 4.90 Å². The number of hydrogen-bond donors (Lipinski definition) is 0. The summed E-state index contributed by atoms with van der Waals surface area (Å²) >= 11 is 0. The molecule has 0 spiro atoms. The molecule has 8 unspecified atom stereocenters. The van der Waals surface area contributed by atoms with E-state index in [0.29, 0.717) is 48.0 Å². The molecule has 0 N–H and O–H groups in total. The summed E-state index contributed by atoms with van der Waals surface area (Å²) in [6.45, 7) is 9.21. The van der Waals surface area contributed by atoms with Gasteiger partial charge in [-0.15, -0.1) is 0 Å². The van der Waals surface area contributed by atoms with E-state index < -0.39 is 0 Å². The number of fused-ring (bicyclic) bond motifs is 5. The first-order valence-electron chi connectivity index (χ1n) is 26.8. The van der Waals surface area contributed by atoms with Gasteiger partial charge in [0.1, 0.15) is 0 Å². The lowest BCUT2D eigenvalue weighted by Gasteiger charge is -2.43. The lowest BCUT2D eigenvalue weighted by atomic mass is 9.81. The fourth-order valence-corrected chi connectivity index (χ4v) is 13.8. The van der Waals surface area contributed by atoms with E-state index in [1.54, 1.807) is 28.1 Å². The summed E-state index contributed by atoms with van der Waals surface area (Å²) in [6, 6.07) is 11.9. The highest BCUT2D eigenvalue weighted by Gasteiger charge is 2.46. The third-order valence-electron chi connectivity index (χ3n) is 17.4. The molecule has 0 radical (unpaired) electrons. The van der Waals surface area contributed by atoms with Crippen LogP contribution in [0.25, 0.3) is 0 Å². The summed E-state index contributed by atoms with van der Waals surface area (Å²) < 4.78 is 0. The van der Waals surface area contributed by atoms with Crippen LogP contribution in [0.5, 0.6) is 0 Å². The number of allylic oxidation sites excluding steroid dienone is 15. The van der Waals surface area contributed by atoms with E-state index in [4.69, 9.17) is 0 Å². The van der Waals surface area contributed by atoms with Crippen molar-refractivity contribution in [3.8, 4) is 0 Å². The minimum absolute atomic E-state index is 0.268. The lowest BCUT2D eigenvalue weighted by Crippen LogP contribution is -2.42. The third-order valence-corrected chi connectivity index (χ3v) is 17.4. The number of aryl methyl sites for hydroxylation is 1. The van der Waals surface area contributed by atoms with Crippen molar-refractivity contribution in [1.82, 2.24) is 14.7 Å². The largest absolute Gasteiger partial charge is 0.364 e. The van der Waals surface area contributed by atoms with Gasteiger partial charge in [-0.05, 0) is 169 Å². The van der Waals surface area contributed by atoms with Gasteiger partial charge in [-0.1, -0.05) is 135 Å². The van der Waals surface area contributed by atoms with Crippen molar-refractivity contribution in [2.24, 2.45) is 23.7 Å². The van der Waals surface area contributed by atoms with Gasteiger partial charge in [0.2, 0.25) is 0 Å². The first-order chi connectivity index (χ1) is 33.0. The number of rotatable bonds is 12. The van der Waals surface area contributed by atoms with Crippen LogP contribution < -0.4 is 4.90 Å². The van der Waals surface area contributed by atoms with Crippen LogP contribution in [0.2, 0.25) is 0 Å². The van der Waals surface area contributed by atoms with Gasteiger partial charge in [0, 0.05) is 58.1 Å². The Morgan fingerprint density at radius 2 is 1.60 bits per heavy atom. The average molecular weight is 889 g/mol. The molecule has 1 saturated heterocycles. The molecule has 0 aromatic heterocycles. The minimum atomic E-state index is 0.268. The molecule has 2 fully saturated rings. The molecule has 2 aliphatic heterocycles. The maximum absolute atomic E-state index is 2.87. The van der Waals surface area contributed by atoms with Gasteiger partial charge in [-0.3, -0.25) is 0 Å². The van der Waals surface area contributed by atoms with Gasteiger partial charge >= 0.3 is 0 Å². The first kappa shape index (κ1) is 44.3. The Hall–Kier alpha value is -5.22. The minimum Gasteiger partial charge on any atom is -0.364 e. The Balaban J connectivity index is 0.829. The highest BCUT2D eigenvalue weighted by Crippen LogP contribution is 2.49. The third kappa shape index (κ3) is 8.54. The molecule has 4 nitrogen and oxygen atoms in total. The van der Waals surface area contributed by atoms with E-state index in [9.17, 15) is 0 Å². The number of benzene rings is 1. The maximum Gasteiger partial charge on any atom is 0.0583 e. The number of nitrogens with zero attached hydrogens (tertiary/aromatic N) is 4. The second kappa shape index (κ2) is 19.4. The van der Waals surface area contributed by atoms with Gasteiger partial charge < -0.3 is 19.6 Å². The molecular formula is C63H76N4. The van der Waals surface area contributed by atoms with Crippen LogP contribution in [0.1, 0.15) is 123 Å². The Labute approximate surface area is 404 Å². The quantitative estimate of drug-likeness (QED) is 0.194. The summed E-state index contributed by atoms with van der Waals surface area (Å²) in [6.07, 6.45) is 67.3. The van der Waals surface area contributed by atoms with Crippen LogP contribution in [0.3, 0.4) is 0 Å². The summed E-state index contributed by atoms with van der Waals surface area (Å²) in [5, 5.41) is 0. The fraction of sp³-hybridized carbons (Fsp3) is 0.460. The van der Waals surface area contributed by atoms with E-state index in [1.807, 2.05) is 0 Å². The first-order valence-corrected chi connectivity index (χ1v) is 26.8. The van der Waals surface area contributed by atoms with Crippen molar-refractivity contribution in [3.05, 3.63) is 197 Å². The smallest absolute Gasteiger partial charge is 0.0583 e. The predicted molar refractivity (Wildman–Crippen MR) is 282 cm³/mol. The van der Waals surface area contributed by atoms with Crippen molar-refractivity contribution in [1.29, 1.82) is 0 Å². The van der Waals surface area contributed by atoms with Gasteiger partial charge in [-0.2, -0.15) is 0 Å². The topological polar surface area (TPSA) is 13.0 Å². The SMILES string of the molecule is C/C=C\CC(CC)N1C2=C(C=CCC2)C2C=C(N(c3ccc(C)cc3)C3C=CC(C4CC=C(N(C5=CCC6C(=C5)C5C=CC=CC5N6C5=CCCC=C5)C5CCC(C)CC5)CC4)=CC3)C=CC21. The van der Waals surface area contributed by atoms with Crippen LogP contribution >= 0.6 is 0 Å². The van der Waals surface area contributed by atoms with Crippen molar-refractivity contribution < 1.29 is 0 Å². The summed E-state index contributed by atoms with van der Waals surface area (Å²) in [5.41, 5.74) is 14.7. The zero-order chi connectivity index (χ0) is 45.4. The van der Waals surface area contributed by atoms with Crippen LogP contribution in [0, 0.1) is 30.6 Å². The monoisotopic (exact) mass is 889 g/mol. The summed E-state index contributed by atoms with van der Waals surface area (Å²) in [7, 11) is 0. The molecule has 1 saturated carbocycles. The van der Waals surface area contributed by atoms with E-state index in [0.717, 1.165) is 70.1 Å². The van der Waals surface area contributed by atoms with E-state index in [-0.39, 0.29) is 6.04 Å². The van der Waals surface area contributed by atoms with Crippen LogP contribution in [0.4, 0.5) is 5.69 Å². The van der Waals surface area contributed by atoms with Crippen LogP contribution in [0.15, 0.2) is 191 Å². The Morgan fingerprint density at radius 1 is 0.746 bits per heavy atom. The van der Waals surface area contributed by atoms with E-state index in [1.165, 1.54) is 60.4 Å². The Morgan fingerprint density at radius 3 is 2.36 bits per heavy atom. The van der Waals surface area contributed by atoms with Crippen molar-refractivity contribution in [3.63, 3.8) is 0 Å². The maximum atomic E-state index is 2.87. The van der Waals surface area contributed by atoms with Gasteiger partial charge in [-0.25, -0.2) is 0 Å². The Kier molecular flexibility index (Phi) is 12.8. The zero-order valence-electron chi connectivity index (χ0n) is 41.0. The lowest BCUT2D eigenvalue weighted by molar-refractivity contribution is 0.205. The van der Waals surface area contributed by atoms with E-state index in [2.05, 4.69) is 193 Å². The molecule has 67 heavy (non-hydrogen) atoms. The molecule has 1 aromatic carbocycles. The fourth-order valence-electron chi connectivity index (χ4n) is 13.8. The van der Waals surface area contributed by atoms with Crippen molar-refractivity contribution in [2.45, 2.75) is 160 Å². The zero-order valence-corrected chi connectivity index (χ0v) is 41.0. The Bertz CT molecular complexity index is 2480. The molecule has 11 rings (SSSR count). The molecule has 10 aliphatic rings. The number of anilines is 1. The molecule has 2 heterocycles. The molecule has 0 bridgehead atoms. The molecule has 1 aromatic rings.